The summed E-state index contributed by atoms with van der Waals surface area (Å²) in [5.74, 6) is -0.687. The van der Waals surface area contributed by atoms with Crippen molar-refractivity contribution in [1.29, 1.82) is 0 Å². The van der Waals surface area contributed by atoms with Crippen LogP contribution in [-0.4, -0.2) is 39.0 Å². The number of fused-ring (bicyclic) bond motifs is 1. The molecule has 0 atom stereocenters. The van der Waals surface area contributed by atoms with Gasteiger partial charge >= 0.3 is 0 Å². The third-order valence-electron chi connectivity index (χ3n) is 6.18. The lowest BCUT2D eigenvalue weighted by molar-refractivity contribution is -0.121. The maximum Gasteiger partial charge on any atom is 0.260 e. The van der Waals surface area contributed by atoms with E-state index in [9.17, 15) is 14.4 Å². The van der Waals surface area contributed by atoms with Crippen LogP contribution in [0.25, 0.3) is 10.2 Å². The minimum Gasteiger partial charge on any atom is -0.282 e. The summed E-state index contributed by atoms with van der Waals surface area (Å²) >= 11 is 7.66. The molecule has 0 unspecified atom stereocenters. The molecule has 0 N–H and O–H groups in total. The normalized spacial score (nSPS) is 13.7. The first kappa shape index (κ1) is 24.1. The molecule has 2 aromatic heterocycles. The van der Waals surface area contributed by atoms with Crippen molar-refractivity contribution in [2.45, 2.75) is 40.2 Å². The first-order valence-electron chi connectivity index (χ1n) is 11.6. The fourth-order valence-corrected chi connectivity index (χ4v) is 5.86. The molecule has 10 heteroatoms. The molecule has 36 heavy (non-hydrogen) atoms. The maximum atomic E-state index is 13.7. The molecule has 8 nitrogen and oxygen atoms in total. The second-order valence-corrected chi connectivity index (χ2v) is 10.3. The van der Waals surface area contributed by atoms with E-state index in [0.29, 0.717) is 34.5 Å². The number of hydrogen-bond donors (Lipinski definition) is 0. The van der Waals surface area contributed by atoms with E-state index in [4.69, 9.17) is 16.6 Å². The van der Waals surface area contributed by atoms with Gasteiger partial charge in [-0.25, -0.2) is 4.98 Å². The Morgan fingerprint density at radius 3 is 2.39 bits per heavy atom. The van der Waals surface area contributed by atoms with Crippen LogP contribution in [0, 0.1) is 20.8 Å². The minimum absolute atomic E-state index is 0.209. The number of anilines is 2. The lowest BCUT2D eigenvalue weighted by atomic mass is 10.1. The Kier molecular flexibility index (Phi) is 6.36. The quantitative estimate of drug-likeness (QED) is 0.330. The van der Waals surface area contributed by atoms with Gasteiger partial charge in [0.15, 0.2) is 5.13 Å². The van der Waals surface area contributed by atoms with Crippen LogP contribution >= 0.6 is 22.9 Å². The van der Waals surface area contributed by atoms with Crippen molar-refractivity contribution in [2.75, 3.05) is 16.3 Å². The van der Waals surface area contributed by atoms with Gasteiger partial charge in [-0.15, -0.1) is 0 Å². The van der Waals surface area contributed by atoms with Gasteiger partial charge in [-0.2, -0.15) is 5.10 Å². The molecule has 1 fully saturated rings. The molecule has 5 rings (SSSR count). The van der Waals surface area contributed by atoms with Crippen molar-refractivity contribution in [3.05, 3.63) is 70.0 Å². The predicted octanol–water partition coefficient (Wildman–Crippen LogP) is 5.07. The number of aryl methyl sites for hydroxylation is 3. The van der Waals surface area contributed by atoms with Crippen LogP contribution in [0.15, 0.2) is 42.5 Å². The van der Waals surface area contributed by atoms with Crippen molar-refractivity contribution in [3.8, 4) is 0 Å². The Labute approximate surface area is 217 Å². The van der Waals surface area contributed by atoms with Crippen LogP contribution in [-0.2, 0) is 16.1 Å². The van der Waals surface area contributed by atoms with Gasteiger partial charge in [0.2, 0.25) is 11.8 Å². The lowest BCUT2D eigenvalue weighted by Gasteiger charge is -2.21. The molecule has 3 amide bonds. The summed E-state index contributed by atoms with van der Waals surface area (Å²) < 4.78 is 2.78. The Hall–Kier alpha value is -3.56. The lowest BCUT2D eigenvalue weighted by Crippen LogP contribution is -2.34. The first-order chi connectivity index (χ1) is 17.2. The molecule has 4 aromatic rings. The van der Waals surface area contributed by atoms with E-state index >= 15 is 0 Å². The monoisotopic (exact) mass is 521 g/mol. The molecular formula is C26H24ClN5O3S. The summed E-state index contributed by atoms with van der Waals surface area (Å²) in [7, 11) is 0. The van der Waals surface area contributed by atoms with Crippen molar-refractivity contribution < 1.29 is 14.4 Å². The number of thiazole rings is 1. The second-order valence-electron chi connectivity index (χ2n) is 8.84. The van der Waals surface area contributed by atoms with E-state index in [0.717, 1.165) is 27.2 Å². The fourth-order valence-electron chi connectivity index (χ4n) is 4.41. The summed E-state index contributed by atoms with van der Waals surface area (Å²) in [6.07, 6.45) is 0.418. The molecule has 0 radical (unpaired) electrons. The topological polar surface area (TPSA) is 88.4 Å². The molecule has 1 aliphatic rings. The number of carbonyl (C=O) groups excluding carboxylic acids is 3. The molecule has 1 saturated heterocycles. The Balaban J connectivity index is 1.48. The van der Waals surface area contributed by atoms with E-state index in [1.807, 2.05) is 43.7 Å². The summed E-state index contributed by atoms with van der Waals surface area (Å²) in [5, 5.41) is 5.71. The smallest absolute Gasteiger partial charge is 0.260 e. The van der Waals surface area contributed by atoms with Gasteiger partial charge in [-0.1, -0.05) is 22.9 Å². The number of hydrogen-bond acceptors (Lipinski definition) is 6. The molecule has 1 aliphatic heterocycles. The third-order valence-corrected chi connectivity index (χ3v) is 7.42. The Morgan fingerprint density at radius 1 is 1.06 bits per heavy atom. The molecule has 0 aliphatic carbocycles. The van der Waals surface area contributed by atoms with E-state index in [1.165, 1.54) is 16.2 Å². The van der Waals surface area contributed by atoms with Crippen LogP contribution < -0.4 is 9.80 Å². The number of amides is 3. The number of carbonyl (C=O) groups is 3. The molecule has 0 bridgehead atoms. The minimum atomic E-state index is -0.232. The highest BCUT2D eigenvalue weighted by atomic mass is 35.5. The highest BCUT2D eigenvalue weighted by molar-refractivity contribution is 7.22. The first-order valence-corrected chi connectivity index (χ1v) is 12.8. The van der Waals surface area contributed by atoms with Crippen molar-refractivity contribution >= 4 is 61.7 Å². The third kappa shape index (κ3) is 4.52. The van der Waals surface area contributed by atoms with Crippen LogP contribution in [0.4, 0.5) is 10.8 Å². The van der Waals surface area contributed by atoms with Gasteiger partial charge in [0.05, 0.1) is 28.1 Å². The number of halogens is 1. The average Bonchev–Trinajstić information content (AvgIpc) is 3.50. The van der Waals surface area contributed by atoms with Crippen LogP contribution in [0.2, 0.25) is 5.02 Å². The Morgan fingerprint density at radius 2 is 1.75 bits per heavy atom. The SMILES string of the molecule is Cc1cc(C)n(CCN(C(=O)c2ccc(N3C(=O)CCC3=O)cc2)c2nc3c(C)cc(Cl)cc3s2)n1. The van der Waals surface area contributed by atoms with Gasteiger partial charge in [-0.3, -0.25) is 28.9 Å². The van der Waals surface area contributed by atoms with Crippen molar-refractivity contribution in [3.63, 3.8) is 0 Å². The van der Waals surface area contributed by atoms with E-state index < -0.39 is 0 Å². The number of benzene rings is 2. The molecule has 2 aromatic carbocycles. The van der Waals surface area contributed by atoms with Crippen LogP contribution in [0.3, 0.4) is 0 Å². The highest BCUT2D eigenvalue weighted by Crippen LogP contribution is 2.34. The number of aromatic nitrogens is 3. The standard InChI is InChI=1S/C26H24ClN5O3S/c1-15-12-19(27)14-21-24(15)28-26(36-21)30(10-11-31-17(3)13-16(2)29-31)25(35)18-4-6-20(7-5-18)32-22(33)8-9-23(32)34/h4-7,12-14H,8-11H2,1-3H3. The average molecular weight is 522 g/mol. The second kappa shape index (κ2) is 9.48. The van der Waals surface area contributed by atoms with Gasteiger partial charge in [0.1, 0.15) is 0 Å². The van der Waals surface area contributed by atoms with Crippen molar-refractivity contribution in [2.24, 2.45) is 0 Å². The van der Waals surface area contributed by atoms with Crippen molar-refractivity contribution in [1.82, 2.24) is 14.8 Å². The van der Waals surface area contributed by atoms with E-state index in [1.54, 1.807) is 29.2 Å². The molecular weight excluding hydrogens is 498 g/mol. The summed E-state index contributed by atoms with van der Waals surface area (Å²) in [4.78, 5) is 45.5. The molecule has 184 valence electrons. The van der Waals surface area contributed by atoms with Gasteiger partial charge in [-0.05, 0) is 68.8 Å². The zero-order valence-corrected chi connectivity index (χ0v) is 21.7. The van der Waals surface area contributed by atoms with Crippen LogP contribution in [0.5, 0.6) is 0 Å². The fraction of sp³-hybridized carbons (Fsp3) is 0.269. The number of imide groups is 1. The zero-order valence-electron chi connectivity index (χ0n) is 20.1. The van der Waals surface area contributed by atoms with Gasteiger partial charge in [0.25, 0.3) is 5.91 Å². The molecule has 3 heterocycles. The summed E-state index contributed by atoms with van der Waals surface area (Å²) in [5.41, 5.74) is 4.58. The molecule has 0 saturated carbocycles. The Bertz CT molecular complexity index is 1490. The van der Waals surface area contributed by atoms with E-state index in [2.05, 4.69) is 5.10 Å². The summed E-state index contributed by atoms with van der Waals surface area (Å²) in [6, 6.07) is 12.3. The molecule has 0 spiro atoms. The number of rotatable bonds is 6. The maximum absolute atomic E-state index is 13.7. The highest BCUT2D eigenvalue weighted by Gasteiger charge is 2.30. The summed E-state index contributed by atoms with van der Waals surface area (Å²) in [6.45, 7) is 6.71. The van der Waals surface area contributed by atoms with Crippen LogP contribution in [0.1, 0.15) is 40.2 Å². The predicted molar refractivity (Wildman–Crippen MR) is 141 cm³/mol. The zero-order chi connectivity index (χ0) is 25.6. The number of nitrogens with zero attached hydrogens (tertiary/aromatic N) is 5. The van der Waals surface area contributed by atoms with E-state index in [-0.39, 0.29) is 30.6 Å². The van der Waals surface area contributed by atoms with Gasteiger partial charge in [0, 0.05) is 35.7 Å². The van der Waals surface area contributed by atoms with Gasteiger partial charge < -0.3 is 0 Å². The largest absolute Gasteiger partial charge is 0.282 e.